The van der Waals surface area contributed by atoms with Gasteiger partial charge in [0.05, 0.1) is 19.1 Å². The van der Waals surface area contributed by atoms with Gasteiger partial charge in [0, 0.05) is 29.7 Å². The molecular weight excluding hydrogens is 432 g/mol. The van der Waals surface area contributed by atoms with Crippen LogP contribution in [-0.4, -0.2) is 39.6 Å². The first kappa shape index (κ1) is 24.7. The number of nitrogens with zero attached hydrogens (tertiary/aromatic N) is 1. The van der Waals surface area contributed by atoms with E-state index in [4.69, 9.17) is 9.63 Å². The minimum Gasteiger partial charge on any atom is -0.481 e. The van der Waals surface area contributed by atoms with Crippen molar-refractivity contribution in [2.24, 2.45) is 0 Å². The van der Waals surface area contributed by atoms with E-state index >= 15 is 0 Å². The Kier molecular flexibility index (Phi) is 8.69. The zero-order valence-electron chi connectivity index (χ0n) is 18.8. The summed E-state index contributed by atoms with van der Waals surface area (Å²) in [6, 6.07) is 6.68. The molecule has 0 bridgehead atoms. The fraction of sp³-hybridized carbons (Fsp3) is 0.542. The Balaban J connectivity index is 1.76. The van der Waals surface area contributed by atoms with Gasteiger partial charge in [0.2, 0.25) is 0 Å². The van der Waals surface area contributed by atoms with E-state index < -0.39 is 26.5 Å². The lowest BCUT2D eigenvalue weighted by Gasteiger charge is -2.20. The Bertz CT molecular complexity index is 954. The molecule has 8 heteroatoms. The van der Waals surface area contributed by atoms with Crippen LogP contribution in [0.15, 0.2) is 24.3 Å². The summed E-state index contributed by atoms with van der Waals surface area (Å²) in [6.07, 6.45) is 2.94. The third-order valence-corrected chi connectivity index (χ3v) is 7.22. The zero-order valence-corrected chi connectivity index (χ0v) is 19.8. The van der Waals surface area contributed by atoms with E-state index in [1.165, 1.54) is 34.6 Å². The topological polar surface area (TPSA) is 88.8 Å². The molecule has 1 aromatic heterocycles. The summed E-state index contributed by atoms with van der Waals surface area (Å²) in [7, 11) is -2.49. The minimum atomic E-state index is -2.49. The van der Waals surface area contributed by atoms with Crippen LogP contribution in [-0.2, 0) is 33.3 Å². The fourth-order valence-corrected chi connectivity index (χ4v) is 5.67. The standard InChI is InChI=1S/C24H33FNO5P/c1-16(2)24-20(6-5-13-31-32(30)15-19(27)14-22(28)29)23(17-8-10-18(25)11-9-17)21-7-3-4-12-26(21)24/h8-11,16,19,27,32H,3-7,12-15H2,1-2H3,(H,28,29)/t19-/m0/s1. The lowest BCUT2D eigenvalue weighted by atomic mass is 9.93. The molecule has 0 saturated heterocycles. The van der Waals surface area contributed by atoms with Gasteiger partial charge in [-0.2, -0.15) is 0 Å². The van der Waals surface area contributed by atoms with Crippen molar-refractivity contribution in [3.63, 3.8) is 0 Å². The number of aliphatic hydroxyl groups excluding tert-OH is 1. The van der Waals surface area contributed by atoms with Crippen molar-refractivity contribution in [1.82, 2.24) is 4.57 Å². The van der Waals surface area contributed by atoms with Crippen LogP contribution in [0.3, 0.4) is 0 Å². The Morgan fingerprint density at radius 3 is 2.62 bits per heavy atom. The average Bonchev–Trinajstić information content (AvgIpc) is 3.05. The van der Waals surface area contributed by atoms with Crippen molar-refractivity contribution in [2.75, 3.05) is 12.8 Å². The number of fused-ring (bicyclic) bond motifs is 1. The van der Waals surface area contributed by atoms with Gasteiger partial charge >= 0.3 is 5.97 Å². The Labute approximate surface area is 189 Å². The van der Waals surface area contributed by atoms with Crippen LogP contribution in [0.25, 0.3) is 11.1 Å². The van der Waals surface area contributed by atoms with Gasteiger partial charge in [-0.3, -0.25) is 9.36 Å². The molecule has 2 N–H and O–H groups in total. The molecule has 176 valence electrons. The van der Waals surface area contributed by atoms with Crippen LogP contribution in [0, 0.1) is 5.82 Å². The second-order valence-corrected chi connectivity index (χ2v) is 10.2. The van der Waals surface area contributed by atoms with Gasteiger partial charge in [-0.25, -0.2) is 4.39 Å². The predicted octanol–water partition coefficient (Wildman–Crippen LogP) is 5.01. The molecule has 3 rings (SSSR count). The van der Waals surface area contributed by atoms with E-state index in [9.17, 15) is 18.9 Å². The minimum absolute atomic E-state index is 0.143. The number of aliphatic hydroxyl groups is 1. The van der Waals surface area contributed by atoms with Gasteiger partial charge in [-0.15, -0.1) is 0 Å². The Hall–Kier alpha value is -1.95. The first-order valence-corrected chi connectivity index (χ1v) is 12.9. The number of hydrogen-bond donors (Lipinski definition) is 2. The number of carbonyl (C=O) groups is 1. The maximum absolute atomic E-state index is 13.6. The fourth-order valence-electron chi connectivity index (χ4n) is 4.65. The number of carboxylic acid groups (broad SMARTS) is 1. The molecule has 0 saturated carbocycles. The number of benzene rings is 1. The molecule has 1 unspecified atom stereocenters. The molecule has 32 heavy (non-hydrogen) atoms. The predicted molar refractivity (Wildman–Crippen MR) is 123 cm³/mol. The van der Waals surface area contributed by atoms with Gasteiger partial charge in [0.25, 0.3) is 0 Å². The van der Waals surface area contributed by atoms with Gasteiger partial charge in [-0.05, 0) is 61.3 Å². The smallest absolute Gasteiger partial charge is 0.305 e. The summed E-state index contributed by atoms with van der Waals surface area (Å²) in [6.45, 7) is 5.64. The summed E-state index contributed by atoms with van der Waals surface area (Å²) < 4.78 is 33.5. The highest BCUT2D eigenvalue weighted by molar-refractivity contribution is 7.39. The SMILES string of the molecule is CC(C)c1c(CCCO[PH](=O)C[C@@H](O)CC(=O)O)c(-c2ccc(F)cc2)c2n1CCCC2. The summed E-state index contributed by atoms with van der Waals surface area (Å²) in [5, 5.41) is 18.3. The monoisotopic (exact) mass is 465 g/mol. The maximum atomic E-state index is 13.6. The molecule has 6 nitrogen and oxygen atoms in total. The van der Waals surface area contributed by atoms with Crippen molar-refractivity contribution in [1.29, 1.82) is 0 Å². The summed E-state index contributed by atoms with van der Waals surface area (Å²) in [5.41, 5.74) is 6.08. The van der Waals surface area contributed by atoms with Crippen molar-refractivity contribution >= 4 is 14.0 Å². The number of hydrogen-bond acceptors (Lipinski definition) is 4. The van der Waals surface area contributed by atoms with E-state index in [-0.39, 0.29) is 18.6 Å². The summed E-state index contributed by atoms with van der Waals surface area (Å²) in [4.78, 5) is 10.6. The first-order valence-electron chi connectivity index (χ1n) is 11.3. The van der Waals surface area contributed by atoms with E-state index in [2.05, 4.69) is 18.4 Å². The molecule has 1 aliphatic heterocycles. The number of halogens is 1. The third kappa shape index (κ3) is 6.09. The second kappa shape index (κ2) is 11.3. The van der Waals surface area contributed by atoms with Gasteiger partial charge < -0.3 is 19.3 Å². The van der Waals surface area contributed by atoms with Crippen molar-refractivity contribution < 1.29 is 28.5 Å². The van der Waals surface area contributed by atoms with Crippen molar-refractivity contribution in [3.05, 3.63) is 47.0 Å². The van der Waals surface area contributed by atoms with Crippen LogP contribution in [0.2, 0.25) is 0 Å². The second-order valence-electron chi connectivity index (χ2n) is 8.74. The molecule has 2 heterocycles. The van der Waals surface area contributed by atoms with E-state index in [1.54, 1.807) is 0 Å². The molecule has 0 radical (unpaired) electrons. The number of carboxylic acids is 1. The average molecular weight is 466 g/mol. The van der Waals surface area contributed by atoms with Crippen LogP contribution < -0.4 is 0 Å². The third-order valence-electron chi connectivity index (χ3n) is 5.89. The zero-order chi connectivity index (χ0) is 23.3. The van der Waals surface area contributed by atoms with Crippen LogP contribution in [0.5, 0.6) is 0 Å². The largest absolute Gasteiger partial charge is 0.481 e. The number of rotatable bonds is 11. The van der Waals surface area contributed by atoms with Crippen LogP contribution >= 0.6 is 8.03 Å². The van der Waals surface area contributed by atoms with Crippen molar-refractivity contribution in [3.8, 4) is 11.1 Å². The van der Waals surface area contributed by atoms with E-state index in [0.717, 1.165) is 37.8 Å². The highest BCUT2D eigenvalue weighted by Gasteiger charge is 2.26. The molecular formula is C24H33FNO5P. The van der Waals surface area contributed by atoms with E-state index in [1.807, 2.05) is 12.1 Å². The molecule has 1 aromatic carbocycles. The molecule has 2 atom stereocenters. The van der Waals surface area contributed by atoms with Crippen LogP contribution in [0.4, 0.5) is 4.39 Å². The normalized spacial score (nSPS) is 15.5. The first-order chi connectivity index (χ1) is 15.3. The highest BCUT2D eigenvalue weighted by atomic mass is 31.1. The maximum Gasteiger partial charge on any atom is 0.305 e. The number of aliphatic carboxylic acids is 1. The van der Waals surface area contributed by atoms with Gasteiger partial charge in [0.15, 0.2) is 8.03 Å². The Morgan fingerprint density at radius 2 is 1.97 bits per heavy atom. The molecule has 0 fully saturated rings. The van der Waals surface area contributed by atoms with E-state index in [0.29, 0.717) is 12.3 Å². The highest BCUT2D eigenvalue weighted by Crippen LogP contribution is 2.40. The Morgan fingerprint density at radius 1 is 1.25 bits per heavy atom. The molecule has 0 amide bonds. The van der Waals surface area contributed by atoms with Gasteiger partial charge in [-0.1, -0.05) is 26.0 Å². The quantitative estimate of drug-likeness (QED) is 0.360. The lowest BCUT2D eigenvalue weighted by Crippen LogP contribution is -2.15. The molecule has 2 aromatic rings. The van der Waals surface area contributed by atoms with Gasteiger partial charge in [0.1, 0.15) is 5.82 Å². The van der Waals surface area contributed by atoms with Crippen molar-refractivity contribution in [2.45, 2.75) is 70.9 Å². The molecule has 0 spiro atoms. The molecule has 0 aliphatic carbocycles. The number of aromatic nitrogens is 1. The van der Waals surface area contributed by atoms with Crippen LogP contribution in [0.1, 0.15) is 62.4 Å². The summed E-state index contributed by atoms with van der Waals surface area (Å²) in [5.74, 6) is -1.04. The molecule has 1 aliphatic rings. The lowest BCUT2D eigenvalue weighted by molar-refractivity contribution is -0.138. The summed E-state index contributed by atoms with van der Waals surface area (Å²) >= 11 is 0.